The number of aryl methyl sites for hydroxylation is 1. The van der Waals surface area contributed by atoms with Crippen LogP contribution in [0.2, 0.25) is 0 Å². The van der Waals surface area contributed by atoms with Gasteiger partial charge in [-0.05, 0) is 13.3 Å². The van der Waals surface area contributed by atoms with E-state index in [2.05, 4.69) is 20.3 Å². The van der Waals surface area contributed by atoms with E-state index >= 15 is 0 Å². The highest BCUT2D eigenvalue weighted by molar-refractivity contribution is 5.74. The summed E-state index contributed by atoms with van der Waals surface area (Å²) >= 11 is 0. The summed E-state index contributed by atoms with van der Waals surface area (Å²) in [6.07, 6.45) is 0.613. The highest BCUT2D eigenvalue weighted by atomic mass is 16.5. The summed E-state index contributed by atoms with van der Waals surface area (Å²) in [6.45, 7) is 1.78. The zero-order valence-electron chi connectivity index (χ0n) is 9.04. The molecule has 2 N–H and O–H groups in total. The predicted molar refractivity (Wildman–Crippen MR) is 55.1 cm³/mol. The lowest BCUT2D eigenvalue weighted by atomic mass is 10.3. The molecule has 0 saturated heterocycles. The van der Waals surface area contributed by atoms with E-state index in [-0.39, 0.29) is 11.8 Å². The quantitative estimate of drug-likeness (QED) is 0.819. The summed E-state index contributed by atoms with van der Waals surface area (Å²) in [6, 6.07) is 1.73. The third-order valence-electron chi connectivity index (χ3n) is 2.82. The molecule has 0 bridgehead atoms. The largest absolute Gasteiger partial charge is 0.481 e. The third-order valence-corrected chi connectivity index (χ3v) is 2.82. The predicted octanol–water partition coefficient (Wildman–Crippen LogP) is 0.956. The van der Waals surface area contributed by atoms with E-state index in [0.29, 0.717) is 29.5 Å². The molecule has 7 heteroatoms. The van der Waals surface area contributed by atoms with Crippen molar-refractivity contribution in [3.05, 3.63) is 17.7 Å². The van der Waals surface area contributed by atoms with Gasteiger partial charge in [-0.25, -0.2) is 4.98 Å². The Labute approximate surface area is 95.8 Å². The standard InChI is InChI=1S/C10H10N4O3/c1-4-2-7(14-17-4)9-11-8(12-13-9)5-3-6(5)10(15)16/h2,5-6H,3H2,1H3,(H,15,16)(H,11,12,13)/t5-,6-/m1/s1. The van der Waals surface area contributed by atoms with Crippen molar-refractivity contribution in [2.75, 3.05) is 0 Å². The van der Waals surface area contributed by atoms with E-state index in [1.54, 1.807) is 13.0 Å². The summed E-state index contributed by atoms with van der Waals surface area (Å²) in [4.78, 5) is 15.0. The number of hydrogen-bond donors (Lipinski definition) is 2. The van der Waals surface area contributed by atoms with Crippen LogP contribution in [0, 0.1) is 12.8 Å². The summed E-state index contributed by atoms with van der Waals surface area (Å²) in [5.41, 5.74) is 0.553. The molecule has 88 valence electrons. The van der Waals surface area contributed by atoms with Crippen LogP contribution in [-0.4, -0.2) is 31.4 Å². The second kappa shape index (κ2) is 3.41. The van der Waals surface area contributed by atoms with Gasteiger partial charge in [0.15, 0.2) is 5.69 Å². The van der Waals surface area contributed by atoms with Gasteiger partial charge in [0.05, 0.1) is 5.92 Å². The normalized spacial score (nSPS) is 22.6. The highest BCUT2D eigenvalue weighted by Crippen LogP contribution is 2.46. The van der Waals surface area contributed by atoms with Crippen LogP contribution in [0.1, 0.15) is 23.9 Å². The first kappa shape index (κ1) is 10.0. The van der Waals surface area contributed by atoms with Crippen LogP contribution in [-0.2, 0) is 4.79 Å². The number of aromatic nitrogens is 4. The van der Waals surface area contributed by atoms with Gasteiger partial charge in [0.1, 0.15) is 11.6 Å². The number of aliphatic carboxylic acids is 1. The van der Waals surface area contributed by atoms with Gasteiger partial charge in [-0.15, -0.1) is 0 Å². The van der Waals surface area contributed by atoms with Crippen molar-refractivity contribution in [3.8, 4) is 11.5 Å². The Morgan fingerprint density at radius 2 is 2.47 bits per heavy atom. The van der Waals surface area contributed by atoms with Gasteiger partial charge in [-0.1, -0.05) is 5.16 Å². The van der Waals surface area contributed by atoms with Crippen molar-refractivity contribution >= 4 is 5.97 Å². The van der Waals surface area contributed by atoms with Gasteiger partial charge in [0.25, 0.3) is 0 Å². The molecule has 2 atom stereocenters. The maximum absolute atomic E-state index is 10.7. The second-order valence-electron chi connectivity index (χ2n) is 4.15. The van der Waals surface area contributed by atoms with Crippen molar-refractivity contribution in [3.63, 3.8) is 0 Å². The number of H-pyrrole nitrogens is 1. The third kappa shape index (κ3) is 1.69. The van der Waals surface area contributed by atoms with E-state index < -0.39 is 5.97 Å². The smallest absolute Gasteiger partial charge is 0.307 e. The van der Waals surface area contributed by atoms with Gasteiger partial charge in [0.2, 0.25) is 5.82 Å². The lowest BCUT2D eigenvalue weighted by Gasteiger charge is -1.88. The minimum atomic E-state index is -0.787. The Morgan fingerprint density at radius 3 is 3.06 bits per heavy atom. The molecule has 0 spiro atoms. The fraction of sp³-hybridized carbons (Fsp3) is 0.400. The highest BCUT2D eigenvalue weighted by Gasteiger charge is 2.46. The van der Waals surface area contributed by atoms with Crippen LogP contribution in [0.25, 0.3) is 11.5 Å². The Bertz CT molecular complexity index is 574. The number of hydrogen-bond acceptors (Lipinski definition) is 5. The van der Waals surface area contributed by atoms with Crippen LogP contribution in [0.3, 0.4) is 0 Å². The van der Waals surface area contributed by atoms with Crippen LogP contribution < -0.4 is 0 Å². The van der Waals surface area contributed by atoms with Crippen molar-refractivity contribution in [2.24, 2.45) is 5.92 Å². The molecule has 17 heavy (non-hydrogen) atoms. The molecular formula is C10H10N4O3. The molecule has 3 rings (SSSR count). The monoisotopic (exact) mass is 234 g/mol. The number of carbonyl (C=O) groups is 1. The van der Waals surface area contributed by atoms with E-state index in [1.807, 2.05) is 0 Å². The topological polar surface area (TPSA) is 105 Å². The summed E-state index contributed by atoms with van der Waals surface area (Å²) < 4.78 is 4.93. The SMILES string of the molecule is Cc1cc(-c2n[nH]c([C@@H]3C[C@H]3C(=O)O)n2)no1. The van der Waals surface area contributed by atoms with Crippen molar-refractivity contribution in [2.45, 2.75) is 19.3 Å². The maximum atomic E-state index is 10.7. The van der Waals surface area contributed by atoms with E-state index in [9.17, 15) is 4.79 Å². The second-order valence-corrected chi connectivity index (χ2v) is 4.15. The van der Waals surface area contributed by atoms with Crippen molar-refractivity contribution < 1.29 is 14.4 Å². The molecule has 1 fully saturated rings. The Hall–Kier alpha value is -2.18. The lowest BCUT2D eigenvalue weighted by molar-refractivity contribution is -0.138. The first-order valence-corrected chi connectivity index (χ1v) is 5.24. The molecule has 2 aromatic heterocycles. The van der Waals surface area contributed by atoms with E-state index in [1.165, 1.54) is 0 Å². The zero-order valence-corrected chi connectivity index (χ0v) is 9.04. The molecule has 0 amide bonds. The Balaban J connectivity index is 1.82. The van der Waals surface area contributed by atoms with Gasteiger partial charge in [-0.3, -0.25) is 9.89 Å². The van der Waals surface area contributed by atoms with E-state index in [4.69, 9.17) is 9.63 Å². The fourth-order valence-corrected chi connectivity index (χ4v) is 1.80. The molecule has 2 heterocycles. The van der Waals surface area contributed by atoms with Gasteiger partial charge < -0.3 is 9.63 Å². The molecule has 7 nitrogen and oxygen atoms in total. The lowest BCUT2D eigenvalue weighted by Crippen LogP contribution is -1.99. The van der Waals surface area contributed by atoms with Crippen molar-refractivity contribution in [1.82, 2.24) is 20.3 Å². The Kier molecular flexibility index (Phi) is 2.01. The van der Waals surface area contributed by atoms with Gasteiger partial charge >= 0.3 is 5.97 Å². The first-order valence-electron chi connectivity index (χ1n) is 5.24. The molecule has 0 aliphatic heterocycles. The molecular weight excluding hydrogens is 224 g/mol. The minimum Gasteiger partial charge on any atom is -0.481 e. The molecule has 0 unspecified atom stereocenters. The fourth-order valence-electron chi connectivity index (χ4n) is 1.80. The summed E-state index contributed by atoms with van der Waals surface area (Å²) in [5, 5.41) is 19.4. The molecule has 2 aromatic rings. The minimum absolute atomic E-state index is 0.0539. The number of aromatic amines is 1. The average Bonchev–Trinajstić information content (AvgIpc) is 2.74. The average molecular weight is 234 g/mol. The van der Waals surface area contributed by atoms with Gasteiger partial charge in [0, 0.05) is 12.0 Å². The Morgan fingerprint density at radius 1 is 1.65 bits per heavy atom. The summed E-state index contributed by atoms with van der Waals surface area (Å²) in [5.74, 6) is 0.545. The first-order chi connectivity index (χ1) is 8.15. The van der Waals surface area contributed by atoms with Crippen LogP contribution >= 0.6 is 0 Å². The number of nitrogens with one attached hydrogen (secondary N) is 1. The maximum Gasteiger partial charge on any atom is 0.307 e. The molecule has 1 aliphatic rings. The van der Waals surface area contributed by atoms with Crippen LogP contribution in [0.5, 0.6) is 0 Å². The zero-order chi connectivity index (χ0) is 12.0. The number of carboxylic acids is 1. The van der Waals surface area contributed by atoms with Crippen LogP contribution in [0.15, 0.2) is 10.6 Å². The number of nitrogens with zero attached hydrogens (tertiary/aromatic N) is 3. The molecule has 1 aliphatic carbocycles. The van der Waals surface area contributed by atoms with Gasteiger partial charge in [-0.2, -0.15) is 5.10 Å². The molecule has 1 saturated carbocycles. The van der Waals surface area contributed by atoms with Crippen molar-refractivity contribution in [1.29, 1.82) is 0 Å². The number of rotatable bonds is 3. The van der Waals surface area contributed by atoms with E-state index in [0.717, 1.165) is 0 Å². The molecule has 0 aromatic carbocycles. The van der Waals surface area contributed by atoms with Crippen LogP contribution in [0.4, 0.5) is 0 Å². The number of carboxylic acid groups (broad SMARTS) is 1. The molecule has 0 radical (unpaired) electrons. The summed E-state index contributed by atoms with van der Waals surface area (Å²) in [7, 11) is 0.